The average Bonchev–Trinajstić information content (AvgIpc) is 2.98. The molecule has 0 saturated carbocycles. The third-order valence-corrected chi connectivity index (χ3v) is 5.48. The lowest BCUT2D eigenvalue weighted by Gasteiger charge is -2.12. The van der Waals surface area contributed by atoms with E-state index in [-0.39, 0.29) is 5.91 Å². The normalized spacial score (nSPS) is 16.2. The minimum Gasteiger partial charge on any atom is -0.493 e. The van der Waals surface area contributed by atoms with Gasteiger partial charge in [-0.1, -0.05) is 18.7 Å². The summed E-state index contributed by atoms with van der Waals surface area (Å²) in [6.07, 6.45) is 3.46. The number of thioether (sulfide) groups is 1. The molecule has 1 heterocycles. The van der Waals surface area contributed by atoms with Crippen LogP contribution in [-0.4, -0.2) is 24.8 Å². The topological polar surface area (TPSA) is 59.9 Å². The molecule has 0 atom stereocenters. The van der Waals surface area contributed by atoms with Gasteiger partial charge in [-0.05, 0) is 88.6 Å². The van der Waals surface area contributed by atoms with Crippen molar-refractivity contribution >= 4 is 50.5 Å². The van der Waals surface area contributed by atoms with Crippen molar-refractivity contribution in [2.24, 2.45) is 4.99 Å². The van der Waals surface area contributed by atoms with Gasteiger partial charge < -0.3 is 14.8 Å². The van der Waals surface area contributed by atoms with Crippen LogP contribution in [0.1, 0.15) is 16.7 Å². The van der Waals surface area contributed by atoms with Crippen molar-refractivity contribution in [2.75, 3.05) is 13.7 Å². The maximum Gasteiger partial charge on any atom is 0.264 e. The Bertz CT molecular complexity index is 1010. The lowest BCUT2D eigenvalue weighted by molar-refractivity contribution is -0.115. The molecule has 3 rings (SSSR count). The summed E-state index contributed by atoms with van der Waals surface area (Å²) in [7, 11) is 1.57. The first-order valence-electron chi connectivity index (χ1n) is 8.88. The largest absolute Gasteiger partial charge is 0.493 e. The fraction of sp³-hybridized carbons (Fsp3) is 0.182. The van der Waals surface area contributed by atoms with Crippen LogP contribution in [0.5, 0.6) is 11.5 Å². The molecule has 1 aliphatic rings. The van der Waals surface area contributed by atoms with Crippen LogP contribution < -0.4 is 14.8 Å². The predicted molar refractivity (Wildman–Crippen MR) is 123 cm³/mol. The molecule has 1 fully saturated rings. The smallest absolute Gasteiger partial charge is 0.264 e. The number of amides is 1. The number of rotatable bonds is 6. The number of ether oxygens (including phenoxy) is 2. The van der Waals surface area contributed by atoms with Crippen LogP contribution in [-0.2, 0) is 4.79 Å². The van der Waals surface area contributed by atoms with E-state index in [0.717, 1.165) is 26.9 Å². The molecule has 5 nitrogen and oxygen atoms in total. The molecule has 1 amide bonds. The summed E-state index contributed by atoms with van der Waals surface area (Å²) in [4.78, 5) is 17.5. The highest BCUT2D eigenvalue weighted by Gasteiger charge is 2.24. The van der Waals surface area contributed by atoms with Crippen LogP contribution >= 0.6 is 27.7 Å². The van der Waals surface area contributed by atoms with Crippen molar-refractivity contribution in [3.05, 3.63) is 69.1 Å². The van der Waals surface area contributed by atoms with Crippen LogP contribution in [0.15, 0.2) is 57.4 Å². The van der Waals surface area contributed by atoms with Gasteiger partial charge in [0.1, 0.15) is 6.61 Å². The molecule has 0 bridgehead atoms. The summed E-state index contributed by atoms with van der Waals surface area (Å²) >= 11 is 4.81. The highest BCUT2D eigenvalue weighted by atomic mass is 79.9. The van der Waals surface area contributed by atoms with E-state index in [9.17, 15) is 4.79 Å². The molecule has 1 saturated heterocycles. The first-order chi connectivity index (χ1) is 13.9. The number of halogens is 1. The number of amidine groups is 1. The van der Waals surface area contributed by atoms with Crippen LogP contribution in [0, 0.1) is 13.8 Å². The van der Waals surface area contributed by atoms with Gasteiger partial charge in [0.25, 0.3) is 5.91 Å². The number of carbonyl (C=O) groups excluding carboxylic acids is 1. The molecule has 2 aromatic carbocycles. The Kier molecular flexibility index (Phi) is 6.82. The lowest BCUT2D eigenvalue weighted by atomic mass is 10.1. The second kappa shape index (κ2) is 9.33. The summed E-state index contributed by atoms with van der Waals surface area (Å²) in [5, 5.41) is 3.38. The first-order valence-corrected chi connectivity index (χ1v) is 10.5. The molecular formula is C22H21BrN2O3S. The quantitative estimate of drug-likeness (QED) is 0.443. The third kappa shape index (κ3) is 5.31. The Balaban J connectivity index is 1.87. The predicted octanol–water partition coefficient (Wildman–Crippen LogP) is 5.53. The van der Waals surface area contributed by atoms with Gasteiger partial charge in [-0.3, -0.25) is 4.79 Å². The van der Waals surface area contributed by atoms with E-state index in [1.165, 1.54) is 11.8 Å². The molecule has 29 heavy (non-hydrogen) atoms. The molecule has 0 aromatic heterocycles. The fourth-order valence-corrected chi connectivity index (χ4v) is 4.29. The Labute approximate surface area is 183 Å². The van der Waals surface area contributed by atoms with E-state index in [1.807, 2.05) is 38.1 Å². The van der Waals surface area contributed by atoms with Crippen molar-refractivity contribution in [3.8, 4) is 11.5 Å². The molecule has 0 spiro atoms. The molecule has 7 heteroatoms. The van der Waals surface area contributed by atoms with Gasteiger partial charge in [0, 0.05) is 0 Å². The molecule has 1 aliphatic heterocycles. The molecule has 0 aliphatic carbocycles. The van der Waals surface area contributed by atoms with E-state index in [0.29, 0.717) is 28.2 Å². The van der Waals surface area contributed by atoms with Gasteiger partial charge in [-0.15, -0.1) is 0 Å². The van der Waals surface area contributed by atoms with Crippen LogP contribution in [0.4, 0.5) is 5.69 Å². The molecule has 1 N–H and O–H groups in total. The SMILES string of the molecule is C=CCOc1c(Br)cc(/C=C2/SC(=Nc3cc(C)cc(C)c3)NC2=O)cc1OC. The van der Waals surface area contributed by atoms with Crippen LogP contribution in [0.2, 0.25) is 0 Å². The summed E-state index contributed by atoms with van der Waals surface area (Å²) in [6.45, 7) is 8.07. The van der Waals surface area contributed by atoms with E-state index in [2.05, 4.69) is 38.9 Å². The number of nitrogens with zero attached hydrogens (tertiary/aromatic N) is 1. The van der Waals surface area contributed by atoms with Crippen molar-refractivity contribution in [1.82, 2.24) is 5.32 Å². The van der Waals surface area contributed by atoms with Crippen molar-refractivity contribution in [3.63, 3.8) is 0 Å². The second-order valence-corrected chi connectivity index (χ2v) is 8.35. The Morgan fingerprint density at radius 3 is 2.59 bits per heavy atom. The zero-order chi connectivity index (χ0) is 21.0. The van der Waals surface area contributed by atoms with E-state index in [4.69, 9.17) is 9.47 Å². The van der Waals surface area contributed by atoms with Crippen molar-refractivity contribution in [2.45, 2.75) is 13.8 Å². The molecular weight excluding hydrogens is 452 g/mol. The highest BCUT2D eigenvalue weighted by molar-refractivity contribution is 9.10. The number of hydrogen-bond acceptors (Lipinski definition) is 5. The zero-order valence-corrected chi connectivity index (χ0v) is 18.8. The average molecular weight is 473 g/mol. The molecule has 2 aromatic rings. The number of benzene rings is 2. The number of nitrogens with one attached hydrogen (secondary N) is 1. The minimum atomic E-state index is -0.180. The van der Waals surface area contributed by atoms with Crippen LogP contribution in [0.25, 0.3) is 6.08 Å². The molecule has 150 valence electrons. The number of carbonyl (C=O) groups is 1. The standard InChI is InChI=1S/C22H21BrN2O3S/c1-5-6-28-20-17(23)10-15(11-18(20)27-4)12-19-21(26)25-22(29-19)24-16-8-13(2)7-14(3)9-16/h5,7-12H,1,6H2,2-4H3,(H,24,25,26)/b19-12+. The number of hydrogen-bond donors (Lipinski definition) is 1. The summed E-state index contributed by atoms with van der Waals surface area (Å²) in [6, 6.07) is 9.75. The highest BCUT2D eigenvalue weighted by Crippen LogP contribution is 2.38. The second-order valence-electron chi connectivity index (χ2n) is 6.46. The van der Waals surface area contributed by atoms with Gasteiger partial charge in [0.05, 0.1) is 22.2 Å². The van der Waals surface area contributed by atoms with E-state index in [1.54, 1.807) is 19.3 Å². The maximum atomic E-state index is 12.4. The summed E-state index contributed by atoms with van der Waals surface area (Å²) in [5.74, 6) is 0.982. The van der Waals surface area contributed by atoms with Gasteiger partial charge in [-0.2, -0.15) is 0 Å². The fourth-order valence-electron chi connectivity index (χ4n) is 2.87. The lowest BCUT2D eigenvalue weighted by Crippen LogP contribution is -2.19. The number of aryl methyl sites for hydroxylation is 2. The zero-order valence-electron chi connectivity index (χ0n) is 16.4. The Morgan fingerprint density at radius 1 is 1.21 bits per heavy atom. The van der Waals surface area contributed by atoms with Gasteiger partial charge in [0.2, 0.25) is 0 Å². The van der Waals surface area contributed by atoms with E-state index >= 15 is 0 Å². The molecule has 0 radical (unpaired) electrons. The van der Waals surface area contributed by atoms with Gasteiger partial charge >= 0.3 is 0 Å². The van der Waals surface area contributed by atoms with Crippen molar-refractivity contribution < 1.29 is 14.3 Å². The molecule has 0 unspecified atom stereocenters. The van der Waals surface area contributed by atoms with Gasteiger partial charge in [-0.25, -0.2) is 4.99 Å². The monoisotopic (exact) mass is 472 g/mol. The number of aliphatic imine (C=N–C) groups is 1. The third-order valence-electron chi connectivity index (χ3n) is 3.98. The van der Waals surface area contributed by atoms with Gasteiger partial charge in [0.15, 0.2) is 16.7 Å². The Hall–Kier alpha value is -2.51. The summed E-state index contributed by atoms with van der Waals surface area (Å²) in [5.41, 5.74) is 3.89. The summed E-state index contributed by atoms with van der Waals surface area (Å²) < 4.78 is 11.8. The first kappa shape index (κ1) is 21.2. The minimum absolute atomic E-state index is 0.180. The van der Waals surface area contributed by atoms with E-state index < -0.39 is 0 Å². The Morgan fingerprint density at radius 2 is 1.93 bits per heavy atom. The number of methoxy groups -OCH3 is 1. The maximum absolute atomic E-state index is 12.4. The van der Waals surface area contributed by atoms with Crippen LogP contribution in [0.3, 0.4) is 0 Å². The van der Waals surface area contributed by atoms with Crippen molar-refractivity contribution in [1.29, 1.82) is 0 Å².